The van der Waals surface area contributed by atoms with E-state index in [1.165, 1.54) is 0 Å². The van der Waals surface area contributed by atoms with Gasteiger partial charge in [-0.25, -0.2) is 4.79 Å². The molecule has 5 heteroatoms. The molecule has 0 aliphatic rings. The largest absolute Gasteiger partial charge is 0.356 e. The molecule has 0 fully saturated rings. The van der Waals surface area contributed by atoms with Gasteiger partial charge in [0.1, 0.15) is 0 Å². The van der Waals surface area contributed by atoms with Crippen molar-refractivity contribution in [3.8, 4) is 0 Å². The summed E-state index contributed by atoms with van der Waals surface area (Å²) in [6, 6.07) is 0. The third kappa shape index (κ3) is 3.86. The standard InChI is InChI=1S/C12H17N3O2/c1-4-5-6-13-11(16)7-10-8(2)14-12(17)15-9(10)3/h4H,1,5-7H2,2-3H3,(H,13,16)(H,14,15,17). The van der Waals surface area contributed by atoms with Gasteiger partial charge in [-0.1, -0.05) is 6.08 Å². The number of aromatic amines is 1. The number of aryl methyl sites for hydroxylation is 2. The first kappa shape index (κ1) is 13.2. The minimum Gasteiger partial charge on any atom is -0.356 e. The molecule has 1 heterocycles. The number of carbonyl (C=O) groups excluding carboxylic acids is 1. The molecule has 0 aliphatic heterocycles. The molecule has 1 aromatic heterocycles. The maximum Gasteiger partial charge on any atom is 0.345 e. The minimum absolute atomic E-state index is 0.0769. The van der Waals surface area contributed by atoms with Crippen LogP contribution in [0, 0.1) is 13.8 Å². The highest BCUT2D eigenvalue weighted by Gasteiger charge is 2.10. The Bertz CT molecular complexity index is 451. The minimum atomic E-state index is -0.379. The lowest BCUT2D eigenvalue weighted by molar-refractivity contribution is -0.120. The summed E-state index contributed by atoms with van der Waals surface area (Å²) in [5.74, 6) is -0.0769. The fourth-order valence-corrected chi connectivity index (χ4v) is 1.55. The summed E-state index contributed by atoms with van der Waals surface area (Å²) < 4.78 is 0. The molecule has 0 atom stereocenters. The van der Waals surface area contributed by atoms with E-state index < -0.39 is 0 Å². The molecular weight excluding hydrogens is 218 g/mol. The molecular formula is C12H17N3O2. The van der Waals surface area contributed by atoms with Gasteiger partial charge in [0.2, 0.25) is 5.91 Å². The Kier molecular flexibility index (Phi) is 4.63. The highest BCUT2D eigenvalue weighted by Crippen LogP contribution is 2.07. The first-order valence-corrected chi connectivity index (χ1v) is 5.48. The van der Waals surface area contributed by atoms with E-state index in [-0.39, 0.29) is 18.0 Å². The van der Waals surface area contributed by atoms with Gasteiger partial charge < -0.3 is 10.3 Å². The van der Waals surface area contributed by atoms with Gasteiger partial charge in [0.25, 0.3) is 0 Å². The third-order valence-corrected chi connectivity index (χ3v) is 2.46. The SMILES string of the molecule is C=CCCNC(=O)Cc1c(C)nc(=O)[nH]c1C. The van der Waals surface area contributed by atoms with Crippen LogP contribution in [0.25, 0.3) is 0 Å². The number of carbonyl (C=O) groups is 1. The summed E-state index contributed by atoms with van der Waals surface area (Å²) >= 11 is 0. The van der Waals surface area contributed by atoms with Crippen LogP contribution in [0.2, 0.25) is 0 Å². The summed E-state index contributed by atoms with van der Waals surface area (Å²) in [6.07, 6.45) is 2.73. The molecule has 1 rings (SSSR count). The average molecular weight is 235 g/mol. The van der Waals surface area contributed by atoms with E-state index in [0.29, 0.717) is 17.9 Å². The molecule has 5 nitrogen and oxygen atoms in total. The zero-order valence-corrected chi connectivity index (χ0v) is 10.2. The number of nitrogens with zero attached hydrogens (tertiary/aromatic N) is 1. The number of hydrogen-bond donors (Lipinski definition) is 2. The predicted octanol–water partition coefficient (Wildman–Crippen LogP) is 0.622. The van der Waals surface area contributed by atoms with Gasteiger partial charge >= 0.3 is 5.69 Å². The first-order chi connectivity index (χ1) is 8.04. The van der Waals surface area contributed by atoms with Crippen LogP contribution in [-0.4, -0.2) is 22.4 Å². The van der Waals surface area contributed by atoms with Crippen LogP contribution in [0.5, 0.6) is 0 Å². The van der Waals surface area contributed by atoms with Crippen molar-refractivity contribution in [2.45, 2.75) is 26.7 Å². The van der Waals surface area contributed by atoms with Gasteiger partial charge in [-0.2, -0.15) is 4.98 Å². The Balaban J connectivity index is 2.71. The molecule has 0 unspecified atom stereocenters. The number of H-pyrrole nitrogens is 1. The number of rotatable bonds is 5. The second-order valence-corrected chi connectivity index (χ2v) is 3.83. The Hall–Kier alpha value is -1.91. The van der Waals surface area contributed by atoms with Crippen molar-refractivity contribution in [1.29, 1.82) is 0 Å². The molecule has 0 saturated heterocycles. The second kappa shape index (κ2) is 5.98. The van der Waals surface area contributed by atoms with Crippen molar-refractivity contribution in [3.05, 3.63) is 40.1 Å². The average Bonchev–Trinajstić information content (AvgIpc) is 2.24. The summed E-state index contributed by atoms with van der Waals surface area (Å²) in [4.78, 5) is 29.1. The van der Waals surface area contributed by atoms with Gasteiger partial charge in [-0.3, -0.25) is 4.79 Å². The smallest absolute Gasteiger partial charge is 0.345 e. The van der Waals surface area contributed by atoms with Crippen molar-refractivity contribution in [2.75, 3.05) is 6.54 Å². The fourth-order valence-electron chi connectivity index (χ4n) is 1.55. The topological polar surface area (TPSA) is 74.8 Å². The highest BCUT2D eigenvalue weighted by atomic mass is 16.1. The number of amides is 1. The van der Waals surface area contributed by atoms with E-state index >= 15 is 0 Å². The number of nitrogens with one attached hydrogen (secondary N) is 2. The quantitative estimate of drug-likeness (QED) is 0.580. The number of aromatic nitrogens is 2. The summed E-state index contributed by atoms with van der Waals surface area (Å²) in [5, 5.41) is 2.77. The summed E-state index contributed by atoms with van der Waals surface area (Å²) in [7, 11) is 0. The van der Waals surface area contributed by atoms with Crippen LogP contribution in [0.3, 0.4) is 0 Å². The van der Waals surface area contributed by atoms with E-state index in [4.69, 9.17) is 0 Å². The lowest BCUT2D eigenvalue weighted by Gasteiger charge is -2.08. The molecule has 17 heavy (non-hydrogen) atoms. The van der Waals surface area contributed by atoms with Gasteiger partial charge in [-0.05, 0) is 20.3 Å². The lowest BCUT2D eigenvalue weighted by Crippen LogP contribution is -2.27. The van der Waals surface area contributed by atoms with Crippen LogP contribution >= 0.6 is 0 Å². The molecule has 2 N–H and O–H groups in total. The molecule has 0 aliphatic carbocycles. The van der Waals surface area contributed by atoms with Crippen molar-refractivity contribution in [3.63, 3.8) is 0 Å². The van der Waals surface area contributed by atoms with E-state index in [1.807, 2.05) is 0 Å². The van der Waals surface area contributed by atoms with Crippen LogP contribution in [0.15, 0.2) is 17.4 Å². The number of hydrogen-bond acceptors (Lipinski definition) is 3. The van der Waals surface area contributed by atoms with Crippen LogP contribution in [0.4, 0.5) is 0 Å². The van der Waals surface area contributed by atoms with Gasteiger partial charge in [0, 0.05) is 23.5 Å². The Morgan fingerprint density at radius 3 is 2.82 bits per heavy atom. The van der Waals surface area contributed by atoms with Crippen molar-refractivity contribution < 1.29 is 4.79 Å². The Morgan fingerprint density at radius 2 is 2.24 bits per heavy atom. The van der Waals surface area contributed by atoms with Gasteiger partial charge in [0.15, 0.2) is 0 Å². The summed E-state index contributed by atoms with van der Waals surface area (Å²) in [5.41, 5.74) is 1.70. The predicted molar refractivity (Wildman–Crippen MR) is 65.9 cm³/mol. The molecule has 1 aromatic rings. The molecule has 0 radical (unpaired) electrons. The molecule has 0 bridgehead atoms. The van der Waals surface area contributed by atoms with Crippen molar-refractivity contribution >= 4 is 5.91 Å². The third-order valence-electron chi connectivity index (χ3n) is 2.46. The van der Waals surface area contributed by atoms with Gasteiger partial charge in [-0.15, -0.1) is 6.58 Å². The van der Waals surface area contributed by atoms with Crippen LogP contribution < -0.4 is 11.0 Å². The molecule has 1 amide bonds. The Morgan fingerprint density at radius 1 is 1.53 bits per heavy atom. The molecule has 0 saturated carbocycles. The van der Waals surface area contributed by atoms with Gasteiger partial charge in [0.05, 0.1) is 6.42 Å². The highest BCUT2D eigenvalue weighted by molar-refractivity contribution is 5.79. The van der Waals surface area contributed by atoms with Crippen molar-refractivity contribution in [1.82, 2.24) is 15.3 Å². The Labute approximate surface area is 100.0 Å². The van der Waals surface area contributed by atoms with E-state index in [0.717, 1.165) is 12.0 Å². The summed E-state index contributed by atoms with van der Waals surface area (Å²) in [6.45, 7) is 7.66. The van der Waals surface area contributed by atoms with E-state index in [1.54, 1.807) is 19.9 Å². The monoisotopic (exact) mass is 235 g/mol. The maximum absolute atomic E-state index is 11.6. The second-order valence-electron chi connectivity index (χ2n) is 3.83. The zero-order chi connectivity index (χ0) is 12.8. The van der Waals surface area contributed by atoms with E-state index in [2.05, 4.69) is 21.9 Å². The first-order valence-electron chi connectivity index (χ1n) is 5.48. The lowest BCUT2D eigenvalue weighted by atomic mass is 10.1. The molecule has 0 aromatic carbocycles. The van der Waals surface area contributed by atoms with Crippen LogP contribution in [0.1, 0.15) is 23.4 Å². The molecule has 92 valence electrons. The molecule has 0 spiro atoms. The van der Waals surface area contributed by atoms with E-state index in [9.17, 15) is 9.59 Å². The normalized spacial score (nSPS) is 10.0. The maximum atomic E-state index is 11.6. The zero-order valence-electron chi connectivity index (χ0n) is 10.2. The van der Waals surface area contributed by atoms with Crippen molar-refractivity contribution in [2.24, 2.45) is 0 Å². The fraction of sp³-hybridized carbons (Fsp3) is 0.417. The van der Waals surface area contributed by atoms with Crippen LogP contribution in [-0.2, 0) is 11.2 Å².